The maximum absolute atomic E-state index is 12.5. The summed E-state index contributed by atoms with van der Waals surface area (Å²) in [4.78, 5) is 30.0. The first-order chi connectivity index (χ1) is 15.0. The van der Waals surface area contributed by atoms with E-state index in [0.717, 1.165) is 27.4 Å². The lowest BCUT2D eigenvalue weighted by molar-refractivity contribution is -0.145. The summed E-state index contributed by atoms with van der Waals surface area (Å²) in [5.41, 5.74) is 1.01. The average Bonchev–Trinajstić information content (AvgIpc) is 3.38. The van der Waals surface area contributed by atoms with Gasteiger partial charge >= 0.3 is 5.97 Å². The zero-order chi connectivity index (χ0) is 21.8. The fourth-order valence-corrected chi connectivity index (χ4v) is 6.41. The first kappa shape index (κ1) is 22.1. The van der Waals surface area contributed by atoms with Crippen molar-refractivity contribution in [2.75, 3.05) is 18.8 Å². The van der Waals surface area contributed by atoms with Crippen LogP contribution >= 0.6 is 34.9 Å². The third-order valence-corrected chi connectivity index (χ3v) is 8.36. The summed E-state index contributed by atoms with van der Waals surface area (Å²) >= 11 is 4.70. The van der Waals surface area contributed by atoms with Crippen molar-refractivity contribution in [1.82, 2.24) is 24.6 Å². The summed E-state index contributed by atoms with van der Waals surface area (Å²) in [6, 6.07) is 8.09. The standard InChI is InChI=1S/C20H23N5O3S3/c1-2-25-16(11-30-20-21-14-5-3-4-6-15(14)31-20)22-23-19(25)29-12-17(26)24-9-7-13(8-10-24)18(27)28/h3-6,13H,2,7-12H2,1H3,(H,27,28). The predicted molar refractivity (Wildman–Crippen MR) is 123 cm³/mol. The number of carbonyl (C=O) groups excluding carboxylic acids is 1. The Morgan fingerprint density at radius 2 is 1.97 bits per heavy atom. The van der Waals surface area contributed by atoms with Crippen LogP contribution in [0.2, 0.25) is 0 Å². The van der Waals surface area contributed by atoms with Gasteiger partial charge in [-0.05, 0) is 31.9 Å². The number of benzene rings is 1. The van der Waals surface area contributed by atoms with Crippen molar-refractivity contribution in [2.45, 2.75) is 41.6 Å². The highest BCUT2D eigenvalue weighted by Gasteiger charge is 2.27. The molecule has 164 valence electrons. The molecule has 11 heteroatoms. The van der Waals surface area contributed by atoms with Gasteiger partial charge in [-0.25, -0.2) is 4.98 Å². The Kier molecular flexibility index (Phi) is 7.13. The van der Waals surface area contributed by atoms with E-state index in [4.69, 9.17) is 5.11 Å². The smallest absolute Gasteiger partial charge is 0.306 e. The minimum atomic E-state index is -0.770. The highest BCUT2D eigenvalue weighted by Crippen LogP contribution is 2.31. The molecular formula is C20H23N5O3S3. The van der Waals surface area contributed by atoms with E-state index >= 15 is 0 Å². The molecule has 0 unspecified atom stereocenters. The molecule has 1 amide bonds. The van der Waals surface area contributed by atoms with Crippen LogP contribution in [-0.4, -0.2) is 60.5 Å². The molecule has 0 saturated carbocycles. The number of hydrogen-bond acceptors (Lipinski definition) is 8. The van der Waals surface area contributed by atoms with Gasteiger partial charge in [0.05, 0.1) is 27.6 Å². The van der Waals surface area contributed by atoms with Gasteiger partial charge in [0.2, 0.25) is 5.91 Å². The normalized spacial score (nSPS) is 14.9. The van der Waals surface area contributed by atoms with Crippen molar-refractivity contribution in [3.63, 3.8) is 0 Å². The van der Waals surface area contributed by atoms with Crippen LogP contribution in [0.1, 0.15) is 25.6 Å². The second kappa shape index (κ2) is 10.0. The number of hydrogen-bond donors (Lipinski definition) is 1. The summed E-state index contributed by atoms with van der Waals surface area (Å²) in [5, 5.41) is 18.5. The van der Waals surface area contributed by atoms with Gasteiger partial charge in [0.15, 0.2) is 9.50 Å². The number of fused-ring (bicyclic) bond motifs is 1. The molecular weight excluding hydrogens is 454 g/mol. The first-order valence-corrected chi connectivity index (χ1v) is 12.9. The maximum Gasteiger partial charge on any atom is 0.306 e. The van der Waals surface area contributed by atoms with Crippen LogP contribution < -0.4 is 0 Å². The van der Waals surface area contributed by atoms with Crippen LogP contribution in [0, 0.1) is 5.92 Å². The van der Waals surface area contributed by atoms with Gasteiger partial charge in [0, 0.05) is 19.6 Å². The number of carboxylic acids is 1. The summed E-state index contributed by atoms with van der Waals surface area (Å²) < 4.78 is 4.21. The lowest BCUT2D eigenvalue weighted by Crippen LogP contribution is -2.41. The number of aromatic nitrogens is 4. The van der Waals surface area contributed by atoms with E-state index in [1.165, 1.54) is 16.5 Å². The molecule has 1 aliphatic heterocycles. The average molecular weight is 478 g/mol. The van der Waals surface area contributed by atoms with Crippen LogP contribution in [0.15, 0.2) is 33.8 Å². The molecule has 1 fully saturated rings. The highest BCUT2D eigenvalue weighted by molar-refractivity contribution is 8.00. The number of thioether (sulfide) groups is 2. The fraction of sp³-hybridized carbons (Fsp3) is 0.450. The van der Waals surface area contributed by atoms with Crippen molar-refractivity contribution in [3.8, 4) is 0 Å². The number of para-hydroxylation sites is 1. The van der Waals surface area contributed by atoms with E-state index < -0.39 is 5.97 Å². The van der Waals surface area contributed by atoms with E-state index in [-0.39, 0.29) is 17.6 Å². The largest absolute Gasteiger partial charge is 0.481 e. The van der Waals surface area contributed by atoms with E-state index in [9.17, 15) is 9.59 Å². The molecule has 4 rings (SSSR count). The third-order valence-electron chi connectivity index (χ3n) is 5.23. The zero-order valence-corrected chi connectivity index (χ0v) is 19.5. The zero-order valence-electron chi connectivity index (χ0n) is 17.1. The second-order valence-electron chi connectivity index (χ2n) is 7.16. The van der Waals surface area contributed by atoms with Crippen LogP contribution in [0.5, 0.6) is 0 Å². The number of likely N-dealkylation sites (tertiary alicyclic amines) is 1. The lowest BCUT2D eigenvalue weighted by Gasteiger charge is -2.30. The summed E-state index contributed by atoms with van der Waals surface area (Å²) in [6.45, 7) is 3.77. The van der Waals surface area contributed by atoms with E-state index in [0.29, 0.717) is 31.7 Å². The minimum absolute atomic E-state index is 0.0184. The molecule has 0 spiro atoms. The SMILES string of the molecule is CCn1c(CSc2nc3ccccc3s2)nnc1SCC(=O)N1CCC(C(=O)O)CC1. The Bertz CT molecular complexity index is 1040. The number of piperidine rings is 1. The Morgan fingerprint density at radius 1 is 1.19 bits per heavy atom. The molecule has 0 aliphatic carbocycles. The summed E-state index contributed by atoms with van der Waals surface area (Å²) in [6.07, 6.45) is 1.04. The topological polar surface area (TPSA) is 101 Å². The Balaban J connectivity index is 1.32. The monoisotopic (exact) mass is 477 g/mol. The molecule has 2 aromatic heterocycles. The molecule has 31 heavy (non-hydrogen) atoms. The van der Waals surface area contributed by atoms with Gasteiger partial charge < -0.3 is 14.6 Å². The molecule has 1 aliphatic rings. The second-order valence-corrected chi connectivity index (χ2v) is 10.4. The van der Waals surface area contributed by atoms with Gasteiger partial charge in [0.1, 0.15) is 5.82 Å². The van der Waals surface area contributed by atoms with Crippen molar-refractivity contribution in [2.24, 2.45) is 5.92 Å². The molecule has 3 heterocycles. The number of amides is 1. The Hall–Kier alpha value is -2.11. The predicted octanol–water partition coefficient (Wildman–Crippen LogP) is 3.62. The molecule has 1 saturated heterocycles. The lowest BCUT2D eigenvalue weighted by atomic mass is 9.97. The first-order valence-electron chi connectivity index (χ1n) is 10.1. The molecule has 0 radical (unpaired) electrons. The molecule has 1 N–H and O–H groups in total. The third kappa shape index (κ3) is 5.21. The molecule has 3 aromatic rings. The summed E-state index contributed by atoms with van der Waals surface area (Å²) in [5.74, 6) is 0.719. The van der Waals surface area contributed by atoms with Gasteiger partial charge in [-0.2, -0.15) is 0 Å². The number of nitrogens with zero attached hydrogens (tertiary/aromatic N) is 5. The van der Waals surface area contributed by atoms with Crippen LogP contribution in [0.4, 0.5) is 0 Å². The van der Waals surface area contributed by atoms with Crippen molar-refractivity contribution in [1.29, 1.82) is 0 Å². The van der Waals surface area contributed by atoms with Gasteiger partial charge in [-0.1, -0.05) is 35.7 Å². The Morgan fingerprint density at radius 3 is 2.68 bits per heavy atom. The van der Waals surface area contributed by atoms with E-state index in [1.807, 2.05) is 29.7 Å². The minimum Gasteiger partial charge on any atom is -0.481 e. The number of aliphatic carboxylic acids is 1. The van der Waals surface area contributed by atoms with E-state index in [1.54, 1.807) is 28.0 Å². The number of carbonyl (C=O) groups is 2. The molecule has 8 nitrogen and oxygen atoms in total. The van der Waals surface area contributed by atoms with Crippen LogP contribution in [-0.2, 0) is 21.9 Å². The molecule has 1 aromatic carbocycles. The van der Waals surface area contributed by atoms with Crippen molar-refractivity contribution >= 4 is 57.0 Å². The highest BCUT2D eigenvalue weighted by atomic mass is 32.2. The van der Waals surface area contributed by atoms with Gasteiger partial charge in [-0.3, -0.25) is 9.59 Å². The molecule has 0 atom stereocenters. The van der Waals surface area contributed by atoms with Gasteiger partial charge in [0.25, 0.3) is 0 Å². The maximum atomic E-state index is 12.5. The molecule has 0 bridgehead atoms. The van der Waals surface area contributed by atoms with Crippen LogP contribution in [0.3, 0.4) is 0 Å². The van der Waals surface area contributed by atoms with E-state index in [2.05, 4.69) is 21.2 Å². The van der Waals surface area contributed by atoms with Crippen molar-refractivity contribution in [3.05, 3.63) is 30.1 Å². The Labute approximate surface area is 192 Å². The number of thiazole rings is 1. The number of carboxylic acid groups (broad SMARTS) is 1. The fourth-order valence-electron chi connectivity index (χ4n) is 3.48. The number of rotatable bonds is 8. The quantitative estimate of drug-likeness (QED) is 0.491. The summed E-state index contributed by atoms with van der Waals surface area (Å²) in [7, 11) is 0. The van der Waals surface area contributed by atoms with Gasteiger partial charge in [-0.15, -0.1) is 21.5 Å². The van der Waals surface area contributed by atoms with Crippen molar-refractivity contribution < 1.29 is 14.7 Å². The van der Waals surface area contributed by atoms with Crippen LogP contribution in [0.25, 0.3) is 10.2 Å².